The number of hydrogen-bond acceptors (Lipinski definition) is 5. The fourth-order valence-electron chi connectivity index (χ4n) is 3.47. The molecule has 2 aromatic heterocycles. The smallest absolute Gasteiger partial charge is 0.276 e. The Labute approximate surface area is 167 Å². The number of rotatable bonds is 4. The molecule has 0 aliphatic carbocycles. The van der Waals surface area contributed by atoms with Crippen LogP contribution in [0.4, 0.5) is 0 Å². The number of piperidine rings is 1. The van der Waals surface area contributed by atoms with Gasteiger partial charge >= 0.3 is 0 Å². The summed E-state index contributed by atoms with van der Waals surface area (Å²) in [6.45, 7) is 1.12. The van der Waals surface area contributed by atoms with Gasteiger partial charge in [0.1, 0.15) is 11.5 Å². The standard InChI is InChI=1S/C21H20ClN3O3/c22-16-7-5-14(6-8-16)11-17-12-24-20(28-17)15-3-2-10-25(13-15)21(27)19-18(26)4-1-9-23-19/h1,4-9,12,15,26H,2-3,10-11,13H2/t15-/m0/s1. The van der Waals surface area contributed by atoms with E-state index in [-0.39, 0.29) is 23.3 Å². The maximum atomic E-state index is 12.7. The summed E-state index contributed by atoms with van der Waals surface area (Å²) in [4.78, 5) is 22.9. The Hall–Kier alpha value is -2.86. The molecule has 1 aliphatic rings. The highest BCUT2D eigenvalue weighted by molar-refractivity contribution is 6.30. The van der Waals surface area contributed by atoms with Gasteiger partial charge in [-0.1, -0.05) is 23.7 Å². The lowest BCUT2D eigenvalue weighted by atomic mass is 9.97. The number of aromatic nitrogens is 2. The highest BCUT2D eigenvalue weighted by atomic mass is 35.5. The van der Waals surface area contributed by atoms with E-state index in [1.165, 1.54) is 12.3 Å². The lowest BCUT2D eigenvalue weighted by Crippen LogP contribution is -2.39. The number of oxazole rings is 1. The second-order valence-electron chi connectivity index (χ2n) is 6.93. The van der Waals surface area contributed by atoms with Crippen LogP contribution in [0, 0.1) is 0 Å². The largest absolute Gasteiger partial charge is 0.505 e. The molecule has 7 heteroatoms. The molecule has 0 unspecified atom stereocenters. The minimum absolute atomic E-state index is 0.0301. The van der Waals surface area contributed by atoms with Crippen molar-refractivity contribution in [3.63, 3.8) is 0 Å². The normalized spacial score (nSPS) is 16.9. The number of carbonyl (C=O) groups excluding carboxylic acids is 1. The fraction of sp³-hybridized carbons (Fsp3) is 0.286. The highest BCUT2D eigenvalue weighted by Gasteiger charge is 2.30. The number of hydrogen-bond donors (Lipinski definition) is 1. The Morgan fingerprint density at radius 3 is 2.86 bits per heavy atom. The van der Waals surface area contributed by atoms with Gasteiger partial charge in [0.15, 0.2) is 11.6 Å². The van der Waals surface area contributed by atoms with Gasteiger partial charge in [-0.05, 0) is 42.7 Å². The molecule has 1 aliphatic heterocycles. The van der Waals surface area contributed by atoms with Crippen LogP contribution in [-0.4, -0.2) is 39.0 Å². The SMILES string of the molecule is O=C(c1ncccc1O)N1CCC[C@H](c2ncc(Cc3ccc(Cl)cc3)o2)C1. The van der Waals surface area contributed by atoms with Crippen LogP contribution < -0.4 is 0 Å². The molecule has 144 valence electrons. The molecule has 28 heavy (non-hydrogen) atoms. The van der Waals surface area contributed by atoms with Crippen LogP contribution in [0.5, 0.6) is 5.75 Å². The number of halogens is 1. The van der Waals surface area contributed by atoms with Crippen LogP contribution in [0.25, 0.3) is 0 Å². The van der Waals surface area contributed by atoms with E-state index in [1.807, 2.05) is 24.3 Å². The molecule has 1 aromatic carbocycles. The van der Waals surface area contributed by atoms with E-state index in [0.717, 1.165) is 24.2 Å². The topological polar surface area (TPSA) is 79.5 Å². The molecule has 0 radical (unpaired) electrons. The molecular weight excluding hydrogens is 378 g/mol. The molecule has 1 saturated heterocycles. The van der Waals surface area contributed by atoms with Gasteiger partial charge in [-0.15, -0.1) is 0 Å². The Morgan fingerprint density at radius 2 is 2.07 bits per heavy atom. The predicted molar refractivity (Wildman–Crippen MR) is 105 cm³/mol. The number of likely N-dealkylation sites (tertiary alicyclic amines) is 1. The zero-order valence-corrected chi connectivity index (χ0v) is 16.0. The van der Waals surface area contributed by atoms with Gasteiger partial charge in [0.25, 0.3) is 5.91 Å². The van der Waals surface area contributed by atoms with Crippen molar-refractivity contribution in [1.29, 1.82) is 0 Å². The van der Waals surface area contributed by atoms with Crippen LogP contribution in [0.1, 0.15) is 46.5 Å². The average molecular weight is 398 g/mol. The number of nitrogens with zero attached hydrogens (tertiary/aromatic N) is 3. The predicted octanol–water partition coefficient (Wildman–Crippen LogP) is 4.04. The van der Waals surface area contributed by atoms with E-state index in [4.69, 9.17) is 16.0 Å². The first-order valence-corrected chi connectivity index (χ1v) is 9.60. The van der Waals surface area contributed by atoms with Gasteiger partial charge < -0.3 is 14.4 Å². The summed E-state index contributed by atoms with van der Waals surface area (Å²) in [7, 11) is 0. The van der Waals surface area contributed by atoms with E-state index in [2.05, 4.69) is 9.97 Å². The summed E-state index contributed by atoms with van der Waals surface area (Å²) in [5, 5.41) is 10.6. The van der Waals surface area contributed by atoms with Crippen molar-refractivity contribution in [2.45, 2.75) is 25.2 Å². The first-order chi connectivity index (χ1) is 13.6. The third kappa shape index (κ3) is 4.02. The van der Waals surface area contributed by atoms with E-state index in [9.17, 15) is 9.90 Å². The summed E-state index contributed by atoms with van der Waals surface area (Å²) in [5.74, 6) is 1.09. The van der Waals surface area contributed by atoms with Crippen molar-refractivity contribution in [2.75, 3.05) is 13.1 Å². The van der Waals surface area contributed by atoms with Crippen molar-refractivity contribution in [2.24, 2.45) is 0 Å². The monoisotopic (exact) mass is 397 g/mol. The van der Waals surface area contributed by atoms with Crippen molar-refractivity contribution >= 4 is 17.5 Å². The first kappa shape index (κ1) is 18.5. The molecule has 1 atom stereocenters. The van der Waals surface area contributed by atoms with Gasteiger partial charge in [0, 0.05) is 30.7 Å². The summed E-state index contributed by atoms with van der Waals surface area (Å²) in [5.41, 5.74) is 1.18. The van der Waals surface area contributed by atoms with Gasteiger partial charge in [-0.25, -0.2) is 9.97 Å². The van der Waals surface area contributed by atoms with E-state index in [1.54, 1.807) is 17.2 Å². The van der Waals surface area contributed by atoms with Crippen LogP contribution in [0.2, 0.25) is 5.02 Å². The Balaban J connectivity index is 1.45. The van der Waals surface area contributed by atoms with Crippen LogP contribution in [0.15, 0.2) is 53.2 Å². The van der Waals surface area contributed by atoms with Crippen molar-refractivity contribution in [1.82, 2.24) is 14.9 Å². The molecular formula is C21H20ClN3O3. The van der Waals surface area contributed by atoms with Gasteiger partial charge in [-0.3, -0.25) is 4.79 Å². The van der Waals surface area contributed by atoms with Crippen molar-refractivity contribution in [3.05, 3.63) is 76.7 Å². The average Bonchev–Trinajstić information content (AvgIpc) is 3.18. The maximum absolute atomic E-state index is 12.7. The molecule has 1 amide bonds. The molecule has 4 rings (SSSR count). The van der Waals surface area contributed by atoms with Crippen molar-refractivity contribution in [3.8, 4) is 5.75 Å². The first-order valence-electron chi connectivity index (χ1n) is 9.22. The molecule has 1 N–H and O–H groups in total. The lowest BCUT2D eigenvalue weighted by molar-refractivity contribution is 0.0688. The Kier molecular flexibility index (Phi) is 5.30. The van der Waals surface area contributed by atoms with Crippen LogP contribution in [-0.2, 0) is 6.42 Å². The Bertz CT molecular complexity index is 971. The summed E-state index contributed by atoms with van der Waals surface area (Å²) in [6, 6.07) is 10.7. The number of benzene rings is 1. The fourth-order valence-corrected chi connectivity index (χ4v) is 3.60. The Morgan fingerprint density at radius 1 is 1.25 bits per heavy atom. The zero-order valence-electron chi connectivity index (χ0n) is 15.2. The van der Waals surface area contributed by atoms with Crippen LogP contribution in [0.3, 0.4) is 0 Å². The van der Waals surface area contributed by atoms with Crippen molar-refractivity contribution < 1.29 is 14.3 Å². The number of carbonyl (C=O) groups is 1. The molecule has 0 spiro atoms. The van der Waals surface area contributed by atoms with Gasteiger partial charge in [0.05, 0.1) is 12.1 Å². The number of amides is 1. The van der Waals surface area contributed by atoms with Gasteiger partial charge in [0.2, 0.25) is 0 Å². The molecule has 0 bridgehead atoms. The summed E-state index contributed by atoms with van der Waals surface area (Å²) < 4.78 is 5.97. The van der Waals surface area contributed by atoms with E-state index < -0.39 is 0 Å². The lowest BCUT2D eigenvalue weighted by Gasteiger charge is -2.31. The molecule has 3 heterocycles. The quantitative estimate of drug-likeness (QED) is 0.718. The van der Waals surface area contributed by atoms with E-state index in [0.29, 0.717) is 30.4 Å². The number of pyridine rings is 1. The summed E-state index contributed by atoms with van der Waals surface area (Å²) >= 11 is 5.93. The zero-order chi connectivity index (χ0) is 19.5. The number of aromatic hydroxyl groups is 1. The molecule has 6 nitrogen and oxygen atoms in total. The highest BCUT2D eigenvalue weighted by Crippen LogP contribution is 2.29. The summed E-state index contributed by atoms with van der Waals surface area (Å²) in [6.07, 6.45) is 5.64. The molecule has 3 aromatic rings. The van der Waals surface area contributed by atoms with E-state index >= 15 is 0 Å². The molecule has 0 saturated carbocycles. The molecule has 1 fully saturated rings. The third-order valence-corrected chi connectivity index (χ3v) is 5.16. The van der Waals surface area contributed by atoms with Gasteiger partial charge in [-0.2, -0.15) is 0 Å². The second-order valence-corrected chi connectivity index (χ2v) is 7.37. The minimum atomic E-state index is -0.268. The minimum Gasteiger partial charge on any atom is -0.505 e. The second kappa shape index (κ2) is 8.02. The van der Waals surface area contributed by atoms with Crippen LogP contribution >= 0.6 is 11.6 Å². The maximum Gasteiger partial charge on any atom is 0.276 e. The third-order valence-electron chi connectivity index (χ3n) is 4.91.